The second-order valence-corrected chi connectivity index (χ2v) is 4.75. The lowest BCUT2D eigenvalue weighted by molar-refractivity contribution is -0.139. The number of thioether (sulfide) groups is 1. The van der Waals surface area contributed by atoms with Crippen molar-refractivity contribution in [2.24, 2.45) is 0 Å². The van der Waals surface area contributed by atoms with E-state index in [1.54, 1.807) is 0 Å². The molecule has 6 heteroatoms. The van der Waals surface area contributed by atoms with Crippen LogP contribution < -0.4 is 0 Å². The molecule has 0 bridgehead atoms. The van der Waals surface area contributed by atoms with E-state index in [9.17, 15) is 13.2 Å². The van der Waals surface area contributed by atoms with Crippen molar-refractivity contribution in [1.29, 1.82) is 0 Å². The highest BCUT2D eigenvalue weighted by Crippen LogP contribution is 2.38. The van der Waals surface area contributed by atoms with Crippen LogP contribution in [0.3, 0.4) is 0 Å². The Morgan fingerprint density at radius 3 is 2.76 bits per heavy atom. The van der Waals surface area contributed by atoms with E-state index < -0.39 is 11.7 Å². The van der Waals surface area contributed by atoms with Gasteiger partial charge < -0.3 is 4.98 Å². The molecule has 2 rings (SSSR count). The van der Waals surface area contributed by atoms with Gasteiger partial charge in [-0.2, -0.15) is 13.2 Å². The Kier molecular flexibility index (Phi) is 3.33. The van der Waals surface area contributed by atoms with Crippen molar-refractivity contribution < 1.29 is 13.2 Å². The lowest BCUT2D eigenvalue weighted by Crippen LogP contribution is -2.07. The summed E-state index contributed by atoms with van der Waals surface area (Å²) in [6.07, 6.45) is -2.09. The van der Waals surface area contributed by atoms with Gasteiger partial charge in [0.1, 0.15) is 0 Å². The summed E-state index contributed by atoms with van der Waals surface area (Å²) in [5.74, 6) is 0.669. The molecule has 1 heterocycles. The summed E-state index contributed by atoms with van der Waals surface area (Å²) in [6.45, 7) is 1.94. The Bertz CT molecular complexity index is 519. The molecule has 92 valence electrons. The number of nitrogens with zero attached hydrogens (tertiary/aromatic N) is 1. The van der Waals surface area contributed by atoms with Gasteiger partial charge >= 0.3 is 6.18 Å². The molecule has 1 N–H and O–H groups in total. The molecular formula is C11H11F3N2S. The molecule has 1 aromatic carbocycles. The number of alkyl halides is 3. The van der Waals surface area contributed by atoms with Gasteiger partial charge in [0.05, 0.1) is 22.9 Å². The molecule has 0 atom stereocenters. The van der Waals surface area contributed by atoms with Crippen LogP contribution in [0.1, 0.15) is 18.9 Å². The Morgan fingerprint density at radius 2 is 2.12 bits per heavy atom. The number of rotatable bonds is 3. The Balaban J connectivity index is 2.51. The number of benzene rings is 1. The fourth-order valence-electron chi connectivity index (χ4n) is 1.52. The maximum Gasteiger partial charge on any atom is 0.417 e. The molecule has 0 fully saturated rings. The lowest BCUT2D eigenvalue weighted by atomic mass is 10.2. The summed E-state index contributed by atoms with van der Waals surface area (Å²) in [7, 11) is 0. The van der Waals surface area contributed by atoms with Gasteiger partial charge in [0.15, 0.2) is 0 Å². The van der Waals surface area contributed by atoms with E-state index in [0.29, 0.717) is 16.8 Å². The van der Waals surface area contributed by atoms with Crippen LogP contribution in [-0.4, -0.2) is 15.7 Å². The topological polar surface area (TPSA) is 28.7 Å². The minimum atomic E-state index is -4.33. The van der Waals surface area contributed by atoms with Crippen LogP contribution in [0.25, 0.3) is 11.0 Å². The summed E-state index contributed by atoms with van der Waals surface area (Å²) in [4.78, 5) is 6.93. The van der Waals surface area contributed by atoms with Crippen molar-refractivity contribution in [2.75, 3.05) is 5.75 Å². The van der Waals surface area contributed by atoms with E-state index in [1.807, 2.05) is 6.92 Å². The number of aromatic nitrogens is 2. The molecule has 2 aromatic rings. The van der Waals surface area contributed by atoms with Crippen molar-refractivity contribution >= 4 is 22.8 Å². The Morgan fingerprint density at radius 1 is 1.35 bits per heavy atom. The van der Waals surface area contributed by atoms with Crippen molar-refractivity contribution in [2.45, 2.75) is 24.4 Å². The maximum atomic E-state index is 12.9. The highest BCUT2D eigenvalue weighted by molar-refractivity contribution is 7.99. The number of hydrogen-bond donors (Lipinski definition) is 1. The molecule has 0 unspecified atom stereocenters. The molecule has 0 saturated carbocycles. The van der Waals surface area contributed by atoms with E-state index >= 15 is 0 Å². The van der Waals surface area contributed by atoms with Crippen molar-refractivity contribution in [3.8, 4) is 0 Å². The van der Waals surface area contributed by atoms with E-state index in [1.165, 1.54) is 24.2 Å². The number of hydrogen-bond acceptors (Lipinski definition) is 2. The zero-order valence-electron chi connectivity index (χ0n) is 9.14. The van der Waals surface area contributed by atoms with Gasteiger partial charge in [-0.3, -0.25) is 0 Å². The minimum absolute atomic E-state index is 0.260. The van der Waals surface area contributed by atoms with Crippen molar-refractivity contribution in [3.05, 3.63) is 24.0 Å². The average Bonchev–Trinajstić information content (AvgIpc) is 2.70. The summed E-state index contributed by atoms with van der Waals surface area (Å²) >= 11 is 1.22. The van der Waals surface area contributed by atoms with Gasteiger partial charge in [-0.05, 0) is 24.3 Å². The monoisotopic (exact) mass is 260 g/mol. The van der Waals surface area contributed by atoms with Crippen molar-refractivity contribution in [3.63, 3.8) is 0 Å². The summed E-state index contributed by atoms with van der Waals surface area (Å²) in [5.41, 5.74) is 0.380. The van der Waals surface area contributed by atoms with Crippen LogP contribution in [-0.2, 0) is 6.18 Å². The molecular weight excluding hydrogens is 249 g/mol. The Labute approximate surface area is 101 Å². The first-order chi connectivity index (χ1) is 8.02. The van der Waals surface area contributed by atoms with Crippen LogP contribution >= 0.6 is 11.8 Å². The predicted octanol–water partition coefficient (Wildman–Crippen LogP) is 4.08. The number of fused-ring (bicyclic) bond motifs is 1. The second-order valence-electron chi connectivity index (χ2n) is 3.61. The van der Waals surface area contributed by atoms with E-state index in [4.69, 9.17) is 0 Å². The van der Waals surface area contributed by atoms with Crippen LogP contribution in [0.5, 0.6) is 0 Å². The fraction of sp³-hybridized carbons (Fsp3) is 0.364. The van der Waals surface area contributed by atoms with Gasteiger partial charge in [-0.25, -0.2) is 4.98 Å². The van der Waals surface area contributed by atoms with Crippen LogP contribution in [0.15, 0.2) is 23.4 Å². The van der Waals surface area contributed by atoms with Crippen LogP contribution in [0.4, 0.5) is 13.2 Å². The van der Waals surface area contributed by atoms with Gasteiger partial charge in [0.25, 0.3) is 0 Å². The third-order valence-corrected chi connectivity index (χ3v) is 3.55. The number of halogens is 3. The average molecular weight is 260 g/mol. The standard InChI is InChI=1S/C11H11F3N2S/c1-2-3-17-10-5-9-8(15-6-16-9)4-7(10)11(12,13)14/h4-6H,2-3H2,1H3,(H,15,16). The van der Waals surface area contributed by atoms with E-state index in [2.05, 4.69) is 9.97 Å². The van der Waals surface area contributed by atoms with Gasteiger partial charge in [-0.15, -0.1) is 11.8 Å². The largest absolute Gasteiger partial charge is 0.417 e. The Hall–Kier alpha value is -1.17. The van der Waals surface area contributed by atoms with Crippen LogP contribution in [0, 0.1) is 0 Å². The highest BCUT2D eigenvalue weighted by atomic mass is 32.2. The quantitative estimate of drug-likeness (QED) is 0.842. The number of H-pyrrole nitrogens is 1. The smallest absolute Gasteiger partial charge is 0.345 e. The molecule has 0 spiro atoms. The highest BCUT2D eigenvalue weighted by Gasteiger charge is 2.34. The number of nitrogens with one attached hydrogen (secondary N) is 1. The first kappa shape index (κ1) is 12.3. The molecule has 0 aliphatic carbocycles. The van der Waals surface area contributed by atoms with Gasteiger partial charge in [0, 0.05) is 4.90 Å². The number of imidazole rings is 1. The molecule has 2 nitrogen and oxygen atoms in total. The van der Waals surface area contributed by atoms with Gasteiger partial charge in [-0.1, -0.05) is 6.92 Å². The molecule has 0 aliphatic heterocycles. The molecule has 17 heavy (non-hydrogen) atoms. The molecule has 0 amide bonds. The minimum Gasteiger partial charge on any atom is -0.345 e. The SMILES string of the molecule is CCCSc1cc2[nH]cnc2cc1C(F)(F)F. The fourth-order valence-corrected chi connectivity index (χ4v) is 2.47. The zero-order valence-corrected chi connectivity index (χ0v) is 9.95. The molecule has 0 aliphatic rings. The van der Waals surface area contributed by atoms with Crippen LogP contribution in [0.2, 0.25) is 0 Å². The van der Waals surface area contributed by atoms with E-state index in [0.717, 1.165) is 12.5 Å². The lowest BCUT2D eigenvalue weighted by Gasteiger charge is -2.12. The van der Waals surface area contributed by atoms with E-state index in [-0.39, 0.29) is 4.90 Å². The zero-order chi connectivity index (χ0) is 12.5. The van der Waals surface area contributed by atoms with Gasteiger partial charge in [0.2, 0.25) is 0 Å². The number of aromatic amines is 1. The van der Waals surface area contributed by atoms with Crippen molar-refractivity contribution in [1.82, 2.24) is 9.97 Å². The predicted molar refractivity (Wildman–Crippen MR) is 62.1 cm³/mol. The maximum absolute atomic E-state index is 12.9. The summed E-state index contributed by atoms with van der Waals surface area (Å²) < 4.78 is 38.6. The third kappa shape index (κ3) is 2.57. The molecule has 1 aromatic heterocycles. The first-order valence-electron chi connectivity index (χ1n) is 5.19. The summed E-state index contributed by atoms with van der Waals surface area (Å²) in [5, 5.41) is 0. The normalized spacial score (nSPS) is 12.2. The molecule has 0 saturated heterocycles. The third-order valence-electron chi connectivity index (χ3n) is 2.29. The summed E-state index contributed by atoms with van der Waals surface area (Å²) in [6, 6.07) is 2.62. The second kappa shape index (κ2) is 4.60. The first-order valence-corrected chi connectivity index (χ1v) is 6.18. The molecule has 0 radical (unpaired) electrons.